The van der Waals surface area contributed by atoms with Crippen LogP contribution in [0.25, 0.3) is 49.9 Å². The third-order valence-electron chi connectivity index (χ3n) is 13.5. The number of hydrogen-bond acceptors (Lipinski definition) is 1. The first-order valence-electron chi connectivity index (χ1n) is 21.8. The normalized spacial score (nSPS) is 12.9. The monoisotopic (exact) mass is 802 g/mol. The van der Waals surface area contributed by atoms with Crippen molar-refractivity contribution < 1.29 is 0 Å². The Labute approximate surface area is 368 Å². The maximum absolute atomic E-state index is 4.77. The summed E-state index contributed by atoms with van der Waals surface area (Å²) in [5, 5.41) is 2.42. The molecule has 63 heavy (non-hydrogen) atoms. The predicted molar refractivity (Wildman–Crippen MR) is 260 cm³/mol. The van der Waals surface area contributed by atoms with Gasteiger partial charge in [0.25, 0.3) is 0 Å². The maximum atomic E-state index is 4.77. The van der Waals surface area contributed by atoms with Gasteiger partial charge in [0.15, 0.2) is 0 Å². The van der Waals surface area contributed by atoms with Crippen LogP contribution in [-0.4, -0.2) is 9.55 Å². The zero-order chi connectivity index (χ0) is 41.8. The first-order valence-corrected chi connectivity index (χ1v) is 21.8. The van der Waals surface area contributed by atoms with Crippen LogP contribution in [0.15, 0.2) is 255 Å². The third kappa shape index (κ3) is 5.55. The molecule has 0 N–H and O–H groups in total. The summed E-state index contributed by atoms with van der Waals surface area (Å²) in [6.45, 7) is 0. The molecular weight excluding hydrogens is 761 g/mol. The van der Waals surface area contributed by atoms with Gasteiger partial charge in [-0.2, -0.15) is 0 Å². The molecule has 2 heterocycles. The van der Waals surface area contributed by atoms with Gasteiger partial charge in [0.2, 0.25) is 0 Å². The molecule has 11 aromatic rings. The van der Waals surface area contributed by atoms with Gasteiger partial charge in [-0.1, -0.05) is 212 Å². The van der Waals surface area contributed by atoms with E-state index in [1.54, 1.807) is 0 Å². The molecule has 2 aromatic heterocycles. The molecule has 12 rings (SSSR count). The highest BCUT2D eigenvalue weighted by molar-refractivity contribution is 6.10. The first kappa shape index (κ1) is 36.8. The number of benzene rings is 9. The molecule has 0 atom stereocenters. The summed E-state index contributed by atoms with van der Waals surface area (Å²) in [6.07, 6.45) is 1.87. The Morgan fingerprint density at radius 3 is 1.41 bits per heavy atom. The molecule has 0 amide bonds. The van der Waals surface area contributed by atoms with Gasteiger partial charge >= 0.3 is 0 Å². The third-order valence-corrected chi connectivity index (χ3v) is 13.5. The molecule has 1 aliphatic rings. The number of aromatic nitrogens is 2. The molecule has 1 aliphatic carbocycles. The van der Waals surface area contributed by atoms with Crippen LogP contribution in [0.5, 0.6) is 0 Å². The Morgan fingerprint density at radius 1 is 0.349 bits per heavy atom. The van der Waals surface area contributed by atoms with E-state index in [4.69, 9.17) is 4.98 Å². The number of fused-ring (bicyclic) bond motifs is 6. The molecule has 0 spiro atoms. The van der Waals surface area contributed by atoms with Crippen LogP contribution in [0.3, 0.4) is 0 Å². The van der Waals surface area contributed by atoms with Crippen LogP contribution in [-0.2, 0) is 10.8 Å². The van der Waals surface area contributed by atoms with E-state index in [2.05, 4.69) is 247 Å². The van der Waals surface area contributed by atoms with Crippen molar-refractivity contribution in [3.05, 3.63) is 299 Å². The largest absolute Gasteiger partial charge is 0.294 e. The van der Waals surface area contributed by atoms with E-state index in [0.717, 1.165) is 16.9 Å². The fraction of sp³-hybridized carbons (Fsp3) is 0.0328. The zero-order valence-electron chi connectivity index (χ0n) is 34.6. The van der Waals surface area contributed by atoms with Crippen LogP contribution >= 0.6 is 0 Å². The maximum Gasteiger partial charge on any atom is 0.137 e. The first-order chi connectivity index (χ1) is 31.3. The molecule has 0 radical (unpaired) electrons. The Bertz CT molecular complexity index is 3280. The van der Waals surface area contributed by atoms with E-state index in [1.807, 2.05) is 12.3 Å². The topological polar surface area (TPSA) is 17.8 Å². The Kier molecular flexibility index (Phi) is 8.65. The summed E-state index contributed by atoms with van der Waals surface area (Å²) in [5.74, 6) is 0.914. The molecule has 0 aliphatic heterocycles. The average molecular weight is 803 g/mol. The molecule has 0 saturated carbocycles. The van der Waals surface area contributed by atoms with E-state index >= 15 is 0 Å². The summed E-state index contributed by atoms with van der Waals surface area (Å²) in [7, 11) is 0. The molecule has 0 fully saturated rings. The van der Waals surface area contributed by atoms with Crippen LogP contribution < -0.4 is 0 Å². The molecule has 2 nitrogen and oxygen atoms in total. The van der Waals surface area contributed by atoms with E-state index in [-0.39, 0.29) is 0 Å². The minimum atomic E-state index is -0.617. The van der Waals surface area contributed by atoms with Gasteiger partial charge in [-0.3, -0.25) is 4.57 Å². The van der Waals surface area contributed by atoms with Gasteiger partial charge in [0, 0.05) is 17.0 Å². The molecule has 296 valence electrons. The van der Waals surface area contributed by atoms with E-state index in [1.165, 1.54) is 77.5 Å². The van der Waals surface area contributed by atoms with Gasteiger partial charge < -0.3 is 0 Å². The summed E-state index contributed by atoms with van der Waals surface area (Å²) < 4.78 is 2.28. The zero-order valence-corrected chi connectivity index (χ0v) is 34.6. The number of hydrogen-bond donors (Lipinski definition) is 0. The molecule has 9 aromatic carbocycles. The molecule has 0 saturated heterocycles. The number of nitrogens with zero attached hydrogens (tertiary/aromatic N) is 2. The van der Waals surface area contributed by atoms with Crippen molar-refractivity contribution in [1.29, 1.82) is 0 Å². The van der Waals surface area contributed by atoms with Crippen LogP contribution in [0.4, 0.5) is 0 Å². The lowest BCUT2D eigenvalue weighted by Crippen LogP contribution is -2.33. The molecule has 2 heteroatoms. The summed E-state index contributed by atoms with van der Waals surface area (Å²) in [6, 6.07) is 91.7. The highest BCUT2D eigenvalue weighted by atomic mass is 15.1. The van der Waals surface area contributed by atoms with Crippen molar-refractivity contribution in [1.82, 2.24) is 9.55 Å². The van der Waals surface area contributed by atoms with E-state index in [9.17, 15) is 0 Å². The predicted octanol–water partition coefficient (Wildman–Crippen LogP) is 14.6. The fourth-order valence-corrected chi connectivity index (χ4v) is 10.9. The minimum Gasteiger partial charge on any atom is -0.294 e. The number of rotatable bonds is 8. The Hall–Kier alpha value is -8.07. The van der Waals surface area contributed by atoms with Crippen LogP contribution in [0.2, 0.25) is 0 Å². The lowest BCUT2D eigenvalue weighted by Gasteiger charge is -2.39. The molecule has 0 unspecified atom stereocenters. The lowest BCUT2D eigenvalue weighted by molar-refractivity contribution is 0.729. The smallest absolute Gasteiger partial charge is 0.137 e. The summed E-state index contributed by atoms with van der Waals surface area (Å²) in [4.78, 5) is 4.77. The van der Waals surface area contributed by atoms with Crippen molar-refractivity contribution in [2.75, 3.05) is 0 Å². The van der Waals surface area contributed by atoms with Gasteiger partial charge in [-0.25, -0.2) is 4.98 Å². The lowest BCUT2D eigenvalue weighted by atomic mass is 9.63. The van der Waals surface area contributed by atoms with Gasteiger partial charge in [-0.15, -0.1) is 0 Å². The van der Waals surface area contributed by atoms with Gasteiger partial charge in [0.05, 0.1) is 21.9 Å². The van der Waals surface area contributed by atoms with E-state index < -0.39 is 10.8 Å². The highest BCUT2D eigenvalue weighted by Crippen LogP contribution is 2.58. The SMILES string of the molecule is c1ccc(C(c2ccccc2)(c2ccccc2)c2ccc3c(c2)C(c2ccccc2)(c2ccccc2)c2cc(-c4ccc5c(c4)c4ccccc4n5-c4ccccn4)ccc2-3)cc1. The molecule has 0 bridgehead atoms. The quantitative estimate of drug-likeness (QED) is 0.140. The number of pyridine rings is 1. The van der Waals surface area contributed by atoms with Crippen molar-refractivity contribution in [3.8, 4) is 28.1 Å². The van der Waals surface area contributed by atoms with Crippen LogP contribution in [0, 0.1) is 0 Å². The van der Waals surface area contributed by atoms with Crippen molar-refractivity contribution in [2.24, 2.45) is 0 Å². The van der Waals surface area contributed by atoms with Gasteiger partial charge in [-0.05, 0) is 103 Å². The second kappa shape index (κ2) is 14.8. The molecular formula is C61H42N2. The second-order valence-electron chi connectivity index (χ2n) is 16.6. The van der Waals surface area contributed by atoms with Crippen molar-refractivity contribution >= 4 is 21.8 Å². The standard InChI is InChI=1S/C61H42N2/c1-6-20-45(21-7-1)60(46-22-8-2-9-23-46,47-24-10-3-11-25-47)50-35-37-52-51-36-33-44(41-55(51)61(56(52)42-50,48-26-12-4-13-27-48)49-28-14-5-15-29-49)43-34-38-58-54(40-43)53-30-16-17-31-57(53)63(58)59-32-18-19-39-62-59/h1-42H. The van der Waals surface area contributed by atoms with Gasteiger partial charge in [0.1, 0.15) is 5.82 Å². The van der Waals surface area contributed by atoms with Crippen LogP contribution in [0.1, 0.15) is 44.5 Å². The Balaban J connectivity index is 1.13. The minimum absolute atomic E-state index is 0.596. The van der Waals surface area contributed by atoms with Crippen molar-refractivity contribution in [2.45, 2.75) is 10.8 Å². The second-order valence-corrected chi connectivity index (χ2v) is 16.6. The van der Waals surface area contributed by atoms with E-state index in [0.29, 0.717) is 0 Å². The fourth-order valence-electron chi connectivity index (χ4n) is 10.9. The summed E-state index contributed by atoms with van der Waals surface area (Å²) in [5.41, 5.74) is 15.9. The highest BCUT2D eigenvalue weighted by Gasteiger charge is 2.48. The Morgan fingerprint density at radius 2 is 0.825 bits per heavy atom. The average Bonchev–Trinajstić information content (AvgIpc) is 3.86. The summed E-state index contributed by atoms with van der Waals surface area (Å²) >= 11 is 0. The number of para-hydroxylation sites is 1. The van der Waals surface area contributed by atoms with Crippen molar-refractivity contribution in [3.63, 3.8) is 0 Å².